The minimum absolute atomic E-state index is 0.106. The van der Waals surface area contributed by atoms with Crippen LogP contribution in [0.1, 0.15) is 39.4 Å². The van der Waals surface area contributed by atoms with Crippen molar-refractivity contribution in [3.8, 4) is 11.5 Å². The van der Waals surface area contributed by atoms with Crippen LogP contribution in [0.2, 0.25) is 0 Å². The molecule has 28 heavy (non-hydrogen) atoms. The minimum atomic E-state index is -0.183. The SMILES string of the molecule is COCCc1nccnc1C(=O)N1CCCC1COc1cccc(O)c1C=O. The number of likely N-dealkylation sites (tertiary alicyclic amines) is 1. The van der Waals surface area contributed by atoms with Crippen LogP contribution >= 0.6 is 0 Å². The number of carbonyl (C=O) groups excluding carboxylic acids is 2. The second kappa shape index (κ2) is 9.27. The van der Waals surface area contributed by atoms with Crippen LogP contribution in [0.5, 0.6) is 11.5 Å². The summed E-state index contributed by atoms with van der Waals surface area (Å²) in [5.41, 5.74) is 1.05. The van der Waals surface area contributed by atoms with Crippen LogP contribution in [0.3, 0.4) is 0 Å². The predicted octanol–water partition coefficient (Wildman–Crippen LogP) is 1.87. The molecule has 1 aliphatic rings. The van der Waals surface area contributed by atoms with E-state index in [0.29, 0.717) is 43.0 Å². The highest BCUT2D eigenvalue weighted by molar-refractivity contribution is 5.93. The third kappa shape index (κ3) is 4.28. The van der Waals surface area contributed by atoms with Gasteiger partial charge >= 0.3 is 0 Å². The molecule has 1 amide bonds. The number of amides is 1. The summed E-state index contributed by atoms with van der Waals surface area (Å²) in [6.07, 6.45) is 5.78. The molecule has 1 unspecified atom stereocenters. The van der Waals surface area contributed by atoms with Gasteiger partial charge in [0, 0.05) is 32.5 Å². The van der Waals surface area contributed by atoms with E-state index >= 15 is 0 Å². The Morgan fingerprint density at radius 3 is 2.96 bits per heavy atom. The zero-order chi connectivity index (χ0) is 19.9. The average molecular weight is 385 g/mol. The number of hydrogen-bond acceptors (Lipinski definition) is 7. The lowest BCUT2D eigenvalue weighted by Crippen LogP contribution is -2.40. The average Bonchev–Trinajstić information content (AvgIpc) is 3.19. The van der Waals surface area contributed by atoms with Gasteiger partial charge in [-0.1, -0.05) is 6.07 Å². The Morgan fingerprint density at radius 2 is 2.18 bits per heavy atom. The first kappa shape index (κ1) is 19.8. The lowest BCUT2D eigenvalue weighted by molar-refractivity contribution is 0.0681. The first-order chi connectivity index (χ1) is 13.7. The summed E-state index contributed by atoms with van der Waals surface area (Å²) in [7, 11) is 1.60. The quantitative estimate of drug-likeness (QED) is 0.692. The van der Waals surface area contributed by atoms with E-state index in [1.54, 1.807) is 30.3 Å². The van der Waals surface area contributed by atoms with Crippen molar-refractivity contribution in [3.63, 3.8) is 0 Å². The second-order valence-corrected chi connectivity index (χ2v) is 6.51. The minimum Gasteiger partial charge on any atom is -0.507 e. The number of benzene rings is 1. The maximum Gasteiger partial charge on any atom is 0.274 e. The Balaban J connectivity index is 1.72. The summed E-state index contributed by atoms with van der Waals surface area (Å²) >= 11 is 0. The van der Waals surface area contributed by atoms with Crippen molar-refractivity contribution in [1.82, 2.24) is 14.9 Å². The van der Waals surface area contributed by atoms with E-state index in [0.717, 1.165) is 12.8 Å². The molecule has 1 aromatic heterocycles. The van der Waals surface area contributed by atoms with Crippen LogP contribution in [0, 0.1) is 0 Å². The molecule has 0 saturated carbocycles. The van der Waals surface area contributed by atoms with Crippen molar-refractivity contribution in [3.05, 3.63) is 47.5 Å². The van der Waals surface area contributed by atoms with E-state index in [2.05, 4.69) is 9.97 Å². The van der Waals surface area contributed by atoms with Gasteiger partial charge in [0.2, 0.25) is 0 Å². The molecule has 148 valence electrons. The fourth-order valence-electron chi connectivity index (χ4n) is 3.30. The van der Waals surface area contributed by atoms with E-state index in [4.69, 9.17) is 9.47 Å². The smallest absolute Gasteiger partial charge is 0.274 e. The normalized spacial score (nSPS) is 16.2. The summed E-state index contributed by atoms with van der Waals surface area (Å²) in [6.45, 7) is 1.29. The van der Waals surface area contributed by atoms with Gasteiger partial charge in [0.15, 0.2) is 6.29 Å². The van der Waals surface area contributed by atoms with Crippen LogP contribution in [0.4, 0.5) is 0 Å². The number of aldehydes is 1. The third-order valence-corrected chi connectivity index (χ3v) is 4.75. The summed E-state index contributed by atoms with van der Waals surface area (Å²) < 4.78 is 10.8. The zero-order valence-corrected chi connectivity index (χ0v) is 15.7. The van der Waals surface area contributed by atoms with Gasteiger partial charge in [-0.2, -0.15) is 0 Å². The highest BCUT2D eigenvalue weighted by Crippen LogP contribution is 2.27. The third-order valence-electron chi connectivity index (χ3n) is 4.75. The highest BCUT2D eigenvalue weighted by Gasteiger charge is 2.32. The fourth-order valence-corrected chi connectivity index (χ4v) is 3.30. The molecule has 0 radical (unpaired) electrons. The fraction of sp³-hybridized carbons (Fsp3) is 0.400. The van der Waals surface area contributed by atoms with Gasteiger partial charge in [-0.05, 0) is 25.0 Å². The molecule has 0 spiro atoms. The van der Waals surface area contributed by atoms with E-state index in [-0.39, 0.29) is 29.9 Å². The molecule has 8 nitrogen and oxygen atoms in total. The molecule has 0 aliphatic carbocycles. The van der Waals surface area contributed by atoms with E-state index in [1.165, 1.54) is 12.3 Å². The monoisotopic (exact) mass is 385 g/mol. The maximum atomic E-state index is 13.1. The van der Waals surface area contributed by atoms with Crippen molar-refractivity contribution >= 4 is 12.2 Å². The zero-order valence-electron chi connectivity index (χ0n) is 15.7. The van der Waals surface area contributed by atoms with Gasteiger partial charge in [0.05, 0.1) is 23.9 Å². The Hall–Kier alpha value is -3.00. The van der Waals surface area contributed by atoms with Crippen molar-refractivity contribution in [1.29, 1.82) is 0 Å². The number of phenols is 1. The number of phenolic OH excluding ortho intramolecular Hbond substituents is 1. The molecule has 1 aliphatic heterocycles. The molecule has 2 heterocycles. The lowest BCUT2D eigenvalue weighted by Gasteiger charge is -2.25. The van der Waals surface area contributed by atoms with Gasteiger partial charge in [-0.15, -0.1) is 0 Å². The molecule has 1 atom stereocenters. The molecular formula is C20H23N3O5. The van der Waals surface area contributed by atoms with Gasteiger partial charge in [0.1, 0.15) is 23.8 Å². The standard InChI is InChI=1S/C20H23N3O5/c1-27-11-7-16-19(22-9-8-21-16)20(26)23-10-3-4-14(23)13-28-18-6-2-5-17(25)15(18)12-24/h2,5-6,8-9,12,14,25H,3-4,7,10-11,13H2,1H3. The molecule has 2 aromatic rings. The molecule has 3 rings (SSSR count). The number of aromatic nitrogens is 2. The Labute approximate surface area is 163 Å². The van der Waals surface area contributed by atoms with Gasteiger partial charge in [0.25, 0.3) is 5.91 Å². The van der Waals surface area contributed by atoms with Crippen molar-refractivity contribution in [2.45, 2.75) is 25.3 Å². The Bertz CT molecular complexity index is 842. The van der Waals surface area contributed by atoms with Crippen molar-refractivity contribution in [2.75, 3.05) is 26.9 Å². The highest BCUT2D eigenvalue weighted by atomic mass is 16.5. The molecule has 1 saturated heterocycles. The van der Waals surface area contributed by atoms with Crippen molar-refractivity contribution in [2.24, 2.45) is 0 Å². The van der Waals surface area contributed by atoms with E-state index in [9.17, 15) is 14.7 Å². The molecule has 8 heteroatoms. The van der Waals surface area contributed by atoms with Crippen LogP contribution < -0.4 is 4.74 Å². The van der Waals surface area contributed by atoms with E-state index < -0.39 is 0 Å². The first-order valence-electron chi connectivity index (χ1n) is 9.15. The number of carbonyl (C=O) groups is 2. The molecule has 1 N–H and O–H groups in total. The molecule has 1 fully saturated rings. The maximum absolute atomic E-state index is 13.1. The van der Waals surface area contributed by atoms with Crippen LogP contribution in [-0.2, 0) is 11.2 Å². The lowest BCUT2D eigenvalue weighted by atomic mass is 10.2. The summed E-state index contributed by atoms with van der Waals surface area (Å²) in [5, 5.41) is 9.77. The van der Waals surface area contributed by atoms with Gasteiger partial charge in [-0.25, -0.2) is 4.98 Å². The van der Waals surface area contributed by atoms with Crippen LogP contribution in [0.15, 0.2) is 30.6 Å². The topological polar surface area (TPSA) is 102 Å². The second-order valence-electron chi connectivity index (χ2n) is 6.51. The Kier molecular flexibility index (Phi) is 6.54. The summed E-state index contributed by atoms with van der Waals surface area (Å²) in [4.78, 5) is 34.5. The molecule has 1 aromatic carbocycles. The number of rotatable bonds is 8. The summed E-state index contributed by atoms with van der Waals surface area (Å²) in [5.74, 6) is -0.0133. The predicted molar refractivity (Wildman–Crippen MR) is 101 cm³/mol. The Morgan fingerprint density at radius 1 is 1.36 bits per heavy atom. The molecule has 0 bridgehead atoms. The number of hydrogen-bond donors (Lipinski definition) is 1. The largest absolute Gasteiger partial charge is 0.507 e. The number of methoxy groups -OCH3 is 1. The van der Waals surface area contributed by atoms with E-state index in [1.807, 2.05) is 0 Å². The van der Waals surface area contributed by atoms with Crippen molar-refractivity contribution < 1.29 is 24.2 Å². The van der Waals surface area contributed by atoms with Gasteiger partial charge < -0.3 is 19.5 Å². The van der Waals surface area contributed by atoms with Crippen LogP contribution in [0.25, 0.3) is 0 Å². The summed E-state index contributed by atoms with van der Waals surface area (Å²) in [6, 6.07) is 4.51. The number of nitrogens with zero attached hydrogens (tertiary/aromatic N) is 3. The number of ether oxygens (including phenoxy) is 2. The molecular weight excluding hydrogens is 362 g/mol. The first-order valence-corrected chi connectivity index (χ1v) is 9.15. The van der Waals surface area contributed by atoms with Gasteiger partial charge in [-0.3, -0.25) is 14.6 Å². The van der Waals surface area contributed by atoms with Crippen LogP contribution in [-0.4, -0.2) is 65.1 Å². The number of aromatic hydroxyl groups is 1.